The number of rotatable bonds is 4. The SMILES string of the molecule is N#Cc1ccc(NC(=O)c2cncc(Nc3ccccc3C#N)c2)cc1. The Morgan fingerprint density at radius 1 is 0.923 bits per heavy atom. The first-order valence-electron chi connectivity index (χ1n) is 7.72. The van der Waals surface area contributed by atoms with Crippen molar-refractivity contribution in [3.8, 4) is 12.1 Å². The van der Waals surface area contributed by atoms with Crippen molar-refractivity contribution in [3.63, 3.8) is 0 Å². The Bertz CT molecular complexity index is 1030. The highest BCUT2D eigenvalue weighted by molar-refractivity contribution is 6.04. The van der Waals surface area contributed by atoms with E-state index in [1.807, 2.05) is 12.1 Å². The lowest BCUT2D eigenvalue weighted by atomic mass is 10.2. The summed E-state index contributed by atoms with van der Waals surface area (Å²) in [6.07, 6.45) is 3.03. The largest absolute Gasteiger partial charge is 0.353 e. The molecule has 0 aliphatic heterocycles. The maximum Gasteiger partial charge on any atom is 0.257 e. The molecular formula is C20H13N5O. The Hall–Kier alpha value is -4.16. The summed E-state index contributed by atoms with van der Waals surface area (Å²) in [6, 6.07) is 19.5. The lowest BCUT2D eigenvalue weighted by Gasteiger charge is -2.09. The second-order valence-corrected chi connectivity index (χ2v) is 5.39. The molecule has 6 nitrogen and oxygen atoms in total. The first-order valence-corrected chi connectivity index (χ1v) is 7.72. The molecule has 0 bridgehead atoms. The van der Waals surface area contributed by atoms with Crippen LogP contribution in [0.4, 0.5) is 17.1 Å². The molecule has 0 saturated heterocycles. The second kappa shape index (κ2) is 7.61. The van der Waals surface area contributed by atoms with Gasteiger partial charge in [-0.2, -0.15) is 10.5 Å². The summed E-state index contributed by atoms with van der Waals surface area (Å²) in [5.41, 5.74) is 3.21. The van der Waals surface area contributed by atoms with Gasteiger partial charge in [0, 0.05) is 11.9 Å². The molecule has 0 aliphatic carbocycles. The van der Waals surface area contributed by atoms with Crippen LogP contribution in [-0.4, -0.2) is 10.9 Å². The molecule has 0 saturated carbocycles. The number of nitrogens with zero attached hydrogens (tertiary/aromatic N) is 3. The van der Waals surface area contributed by atoms with Gasteiger partial charge in [-0.3, -0.25) is 9.78 Å². The minimum absolute atomic E-state index is 0.320. The van der Waals surface area contributed by atoms with E-state index in [1.165, 1.54) is 6.20 Å². The van der Waals surface area contributed by atoms with Crippen LogP contribution < -0.4 is 10.6 Å². The standard InChI is InChI=1S/C20H13N5O/c21-10-14-5-7-17(8-6-14)25-20(26)16-9-18(13-23-12-16)24-19-4-2-1-3-15(19)11-22/h1-9,12-13,24H,(H,25,26). The topological polar surface area (TPSA) is 102 Å². The number of amides is 1. The van der Waals surface area contributed by atoms with Crippen molar-refractivity contribution in [1.29, 1.82) is 10.5 Å². The zero-order valence-electron chi connectivity index (χ0n) is 13.6. The lowest BCUT2D eigenvalue weighted by Crippen LogP contribution is -2.12. The molecule has 1 heterocycles. The number of carbonyl (C=O) groups is 1. The van der Waals surface area contributed by atoms with Crippen molar-refractivity contribution in [2.24, 2.45) is 0 Å². The van der Waals surface area contributed by atoms with E-state index in [9.17, 15) is 4.79 Å². The first kappa shape index (κ1) is 16.7. The molecule has 0 aliphatic rings. The van der Waals surface area contributed by atoms with Crippen molar-refractivity contribution < 1.29 is 4.79 Å². The van der Waals surface area contributed by atoms with Crippen LogP contribution in [-0.2, 0) is 0 Å². The molecule has 124 valence electrons. The van der Waals surface area contributed by atoms with Crippen LogP contribution in [0.15, 0.2) is 67.0 Å². The molecule has 2 aromatic carbocycles. The number of hydrogen-bond acceptors (Lipinski definition) is 5. The van der Waals surface area contributed by atoms with E-state index in [0.717, 1.165) is 0 Å². The van der Waals surface area contributed by atoms with Gasteiger partial charge in [-0.1, -0.05) is 12.1 Å². The van der Waals surface area contributed by atoms with Gasteiger partial charge in [0.25, 0.3) is 5.91 Å². The quantitative estimate of drug-likeness (QED) is 0.752. The van der Waals surface area contributed by atoms with Gasteiger partial charge in [0.15, 0.2) is 0 Å². The van der Waals surface area contributed by atoms with Gasteiger partial charge < -0.3 is 10.6 Å². The predicted octanol–water partition coefficient (Wildman–Crippen LogP) is 3.82. The number of benzene rings is 2. The molecule has 0 atom stereocenters. The number of para-hydroxylation sites is 1. The molecule has 1 aromatic heterocycles. The zero-order chi connectivity index (χ0) is 18.4. The highest BCUT2D eigenvalue weighted by Gasteiger charge is 2.09. The molecule has 26 heavy (non-hydrogen) atoms. The van der Waals surface area contributed by atoms with Crippen LogP contribution in [0.5, 0.6) is 0 Å². The zero-order valence-corrected chi connectivity index (χ0v) is 13.6. The summed E-state index contributed by atoms with van der Waals surface area (Å²) < 4.78 is 0. The van der Waals surface area contributed by atoms with Gasteiger partial charge in [-0.15, -0.1) is 0 Å². The Labute approximate surface area is 150 Å². The smallest absolute Gasteiger partial charge is 0.257 e. The Morgan fingerprint density at radius 2 is 1.69 bits per heavy atom. The lowest BCUT2D eigenvalue weighted by molar-refractivity contribution is 0.102. The summed E-state index contributed by atoms with van der Waals surface area (Å²) in [7, 11) is 0. The van der Waals surface area contributed by atoms with E-state index >= 15 is 0 Å². The highest BCUT2D eigenvalue weighted by atomic mass is 16.1. The van der Waals surface area contributed by atoms with E-state index in [-0.39, 0.29) is 5.91 Å². The van der Waals surface area contributed by atoms with Gasteiger partial charge in [0.1, 0.15) is 6.07 Å². The molecule has 0 radical (unpaired) electrons. The number of nitrogens with one attached hydrogen (secondary N) is 2. The van der Waals surface area contributed by atoms with Crippen LogP contribution in [0, 0.1) is 22.7 Å². The van der Waals surface area contributed by atoms with Gasteiger partial charge in [-0.05, 0) is 42.5 Å². The Balaban J connectivity index is 1.77. The fourth-order valence-corrected chi connectivity index (χ4v) is 2.31. The van der Waals surface area contributed by atoms with Gasteiger partial charge in [-0.25, -0.2) is 0 Å². The maximum absolute atomic E-state index is 12.4. The molecule has 3 rings (SSSR count). The fraction of sp³-hybridized carbons (Fsp3) is 0. The van der Waals surface area contributed by atoms with E-state index in [4.69, 9.17) is 10.5 Å². The summed E-state index contributed by atoms with van der Waals surface area (Å²) in [6.45, 7) is 0. The molecule has 0 unspecified atom stereocenters. The van der Waals surface area contributed by atoms with E-state index < -0.39 is 0 Å². The van der Waals surface area contributed by atoms with E-state index in [1.54, 1.807) is 54.7 Å². The van der Waals surface area contributed by atoms with Crippen molar-refractivity contribution >= 4 is 23.0 Å². The van der Waals surface area contributed by atoms with Crippen LogP contribution >= 0.6 is 0 Å². The first-order chi connectivity index (χ1) is 12.7. The van der Waals surface area contributed by atoms with Gasteiger partial charge in [0.2, 0.25) is 0 Å². The average Bonchev–Trinajstić information content (AvgIpc) is 2.69. The van der Waals surface area contributed by atoms with Gasteiger partial charge >= 0.3 is 0 Å². The molecule has 0 spiro atoms. The summed E-state index contributed by atoms with van der Waals surface area (Å²) in [5, 5.41) is 23.8. The van der Waals surface area contributed by atoms with Crippen LogP contribution in [0.3, 0.4) is 0 Å². The third-order valence-corrected chi connectivity index (χ3v) is 3.60. The fourth-order valence-electron chi connectivity index (χ4n) is 2.31. The van der Waals surface area contributed by atoms with Crippen LogP contribution in [0.1, 0.15) is 21.5 Å². The molecule has 1 amide bonds. The Morgan fingerprint density at radius 3 is 2.42 bits per heavy atom. The third kappa shape index (κ3) is 3.84. The van der Waals surface area contributed by atoms with Crippen molar-refractivity contribution in [2.45, 2.75) is 0 Å². The summed E-state index contributed by atoms with van der Waals surface area (Å²) in [4.78, 5) is 16.5. The predicted molar refractivity (Wildman–Crippen MR) is 97.8 cm³/mol. The minimum atomic E-state index is -0.320. The van der Waals surface area contributed by atoms with Gasteiger partial charge in [0.05, 0.1) is 40.3 Å². The minimum Gasteiger partial charge on any atom is -0.353 e. The number of hydrogen-bond donors (Lipinski definition) is 2. The number of nitriles is 2. The monoisotopic (exact) mass is 339 g/mol. The normalized spacial score (nSPS) is 9.62. The van der Waals surface area contributed by atoms with Crippen molar-refractivity contribution in [3.05, 3.63) is 83.7 Å². The second-order valence-electron chi connectivity index (χ2n) is 5.39. The third-order valence-electron chi connectivity index (χ3n) is 3.60. The maximum atomic E-state index is 12.4. The molecule has 2 N–H and O–H groups in total. The number of carbonyl (C=O) groups excluding carboxylic acids is 1. The van der Waals surface area contributed by atoms with Crippen LogP contribution in [0.2, 0.25) is 0 Å². The average molecular weight is 339 g/mol. The molecule has 0 fully saturated rings. The summed E-state index contributed by atoms with van der Waals surface area (Å²) >= 11 is 0. The number of pyridine rings is 1. The van der Waals surface area contributed by atoms with Crippen LogP contribution in [0.25, 0.3) is 0 Å². The van der Waals surface area contributed by atoms with E-state index in [0.29, 0.717) is 33.8 Å². The summed E-state index contributed by atoms with van der Waals surface area (Å²) in [5.74, 6) is -0.320. The van der Waals surface area contributed by atoms with E-state index in [2.05, 4.69) is 21.7 Å². The number of anilines is 3. The molecule has 3 aromatic rings. The highest BCUT2D eigenvalue weighted by Crippen LogP contribution is 2.20. The van der Waals surface area contributed by atoms with Crippen molar-refractivity contribution in [2.75, 3.05) is 10.6 Å². The van der Waals surface area contributed by atoms with Crippen molar-refractivity contribution in [1.82, 2.24) is 4.98 Å². The Kier molecular flexibility index (Phi) is 4.88. The molecule has 6 heteroatoms. The molecular weight excluding hydrogens is 326 g/mol. The number of aromatic nitrogens is 1.